The van der Waals surface area contributed by atoms with Gasteiger partial charge in [0.05, 0.1) is 12.6 Å². The number of benzene rings is 1. The topological polar surface area (TPSA) is 21.3 Å². The molecule has 0 aliphatic carbocycles. The molecule has 0 fully saturated rings. The van der Waals surface area contributed by atoms with Gasteiger partial charge in [0, 0.05) is 12.0 Å². The van der Waals surface area contributed by atoms with Crippen molar-refractivity contribution < 1.29 is 4.74 Å². The lowest BCUT2D eigenvalue weighted by atomic mass is 9.80. The molecule has 0 aliphatic heterocycles. The highest BCUT2D eigenvalue weighted by Crippen LogP contribution is 2.31. The van der Waals surface area contributed by atoms with Crippen molar-refractivity contribution in [2.45, 2.75) is 33.1 Å². The summed E-state index contributed by atoms with van der Waals surface area (Å²) in [7, 11) is 1.72. The smallest absolute Gasteiger partial charge is 0.122 e. The van der Waals surface area contributed by atoms with Gasteiger partial charge in [-0.25, -0.2) is 0 Å². The molecule has 17 heavy (non-hydrogen) atoms. The van der Waals surface area contributed by atoms with Crippen LogP contribution in [0.2, 0.25) is 0 Å². The molecule has 1 N–H and O–H groups in total. The monoisotopic (exact) mass is 299 g/mol. The van der Waals surface area contributed by atoms with Gasteiger partial charge in [0.15, 0.2) is 0 Å². The lowest BCUT2D eigenvalue weighted by Gasteiger charge is -2.28. The molecule has 0 aromatic heterocycles. The maximum absolute atomic E-state index is 5.35. The maximum atomic E-state index is 5.35. The molecule has 0 bridgehead atoms. The Morgan fingerprint density at radius 2 is 1.88 bits per heavy atom. The van der Waals surface area contributed by atoms with Gasteiger partial charge in [-0.1, -0.05) is 35.8 Å². The summed E-state index contributed by atoms with van der Waals surface area (Å²) in [5, 5.41) is 3.35. The van der Waals surface area contributed by atoms with Crippen LogP contribution in [0.25, 0.3) is 0 Å². The molecule has 2 nitrogen and oxygen atoms in total. The molecular weight excluding hydrogens is 278 g/mol. The Morgan fingerprint density at radius 3 is 2.41 bits per heavy atom. The number of rotatable bonds is 5. The predicted octanol–water partition coefficient (Wildman–Crippen LogP) is 3.53. The first-order valence-corrected chi connectivity index (χ1v) is 6.97. The fourth-order valence-corrected chi connectivity index (χ4v) is 2.40. The number of hydrogen-bond acceptors (Lipinski definition) is 2. The van der Waals surface area contributed by atoms with Crippen LogP contribution >= 0.6 is 15.9 Å². The third kappa shape index (κ3) is 3.23. The van der Waals surface area contributed by atoms with E-state index >= 15 is 0 Å². The maximum Gasteiger partial charge on any atom is 0.122 e. The molecule has 0 radical (unpaired) electrons. The summed E-state index contributed by atoms with van der Waals surface area (Å²) in [6.07, 6.45) is 0. The van der Waals surface area contributed by atoms with Crippen LogP contribution in [0.15, 0.2) is 12.1 Å². The van der Waals surface area contributed by atoms with Crippen molar-refractivity contribution >= 4 is 15.9 Å². The van der Waals surface area contributed by atoms with Gasteiger partial charge >= 0.3 is 0 Å². The molecule has 1 rings (SSSR count). The summed E-state index contributed by atoms with van der Waals surface area (Å²) >= 11 is 3.40. The molecule has 0 saturated carbocycles. The molecule has 0 aliphatic rings. The Kier molecular flexibility index (Phi) is 5.02. The van der Waals surface area contributed by atoms with Gasteiger partial charge in [0.2, 0.25) is 0 Å². The van der Waals surface area contributed by atoms with Crippen molar-refractivity contribution in [3.63, 3.8) is 0 Å². The highest BCUT2D eigenvalue weighted by atomic mass is 79.9. The highest BCUT2D eigenvalue weighted by Gasteiger charge is 2.23. The molecule has 0 atom stereocenters. The third-order valence-corrected chi connectivity index (χ3v) is 3.74. The first kappa shape index (κ1) is 14.5. The Bertz CT molecular complexity index is 388. The van der Waals surface area contributed by atoms with Crippen molar-refractivity contribution in [1.29, 1.82) is 0 Å². The van der Waals surface area contributed by atoms with Crippen molar-refractivity contribution in [2.24, 2.45) is 0 Å². The summed E-state index contributed by atoms with van der Waals surface area (Å²) < 4.78 is 5.35. The van der Waals surface area contributed by atoms with E-state index in [1.54, 1.807) is 7.11 Å². The summed E-state index contributed by atoms with van der Waals surface area (Å²) in [4.78, 5) is 0. The minimum Gasteiger partial charge on any atom is -0.496 e. The van der Waals surface area contributed by atoms with Crippen LogP contribution in [0.4, 0.5) is 0 Å². The molecule has 0 spiro atoms. The van der Waals surface area contributed by atoms with E-state index in [2.05, 4.69) is 61.1 Å². The van der Waals surface area contributed by atoms with E-state index in [4.69, 9.17) is 4.74 Å². The van der Waals surface area contributed by atoms with Crippen LogP contribution in [0.1, 0.15) is 30.5 Å². The number of alkyl halides is 1. The molecule has 0 amide bonds. The fraction of sp³-hybridized carbons (Fsp3) is 0.571. The highest BCUT2D eigenvalue weighted by molar-refractivity contribution is 9.09. The second-order valence-electron chi connectivity index (χ2n) is 5.01. The van der Waals surface area contributed by atoms with Crippen LogP contribution in [-0.2, 0) is 5.41 Å². The summed E-state index contributed by atoms with van der Waals surface area (Å²) in [5.41, 5.74) is 4.88. The molecule has 0 heterocycles. The van der Waals surface area contributed by atoms with Gasteiger partial charge in [-0.3, -0.25) is 0 Å². The number of methoxy groups -OCH3 is 1. The van der Waals surface area contributed by atoms with Gasteiger partial charge < -0.3 is 10.1 Å². The number of nitrogens with one attached hydrogen (secondary N) is 1. The van der Waals surface area contributed by atoms with Crippen molar-refractivity contribution in [2.75, 3.05) is 19.1 Å². The Labute approximate surface area is 113 Å². The standard InChI is InChI=1S/C14H22BrNO/c1-10-11(2)13(17-5)7-6-12(10)14(3,4)8-16-9-15/h6-7,16H,8-9H2,1-5H3. The van der Waals surface area contributed by atoms with Crippen LogP contribution in [-0.4, -0.2) is 19.1 Å². The number of ether oxygens (including phenoxy) is 1. The zero-order chi connectivity index (χ0) is 13.1. The van der Waals surface area contributed by atoms with Crippen molar-refractivity contribution in [3.05, 3.63) is 28.8 Å². The molecule has 3 heteroatoms. The van der Waals surface area contributed by atoms with E-state index in [0.717, 1.165) is 17.7 Å². The minimum absolute atomic E-state index is 0.120. The Hall–Kier alpha value is -0.540. The Balaban J connectivity index is 3.10. The van der Waals surface area contributed by atoms with E-state index in [9.17, 15) is 0 Å². The van der Waals surface area contributed by atoms with Gasteiger partial charge in [0.25, 0.3) is 0 Å². The van der Waals surface area contributed by atoms with Gasteiger partial charge in [-0.05, 0) is 36.6 Å². The largest absolute Gasteiger partial charge is 0.496 e. The zero-order valence-electron chi connectivity index (χ0n) is 11.4. The van der Waals surface area contributed by atoms with Crippen molar-refractivity contribution in [3.8, 4) is 5.75 Å². The first-order valence-electron chi connectivity index (χ1n) is 5.85. The van der Waals surface area contributed by atoms with E-state index < -0.39 is 0 Å². The summed E-state index contributed by atoms with van der Waals surface area (Å²) in [6.45, 7) is 9.76. The number of hydrogen-bond donors (Lipinski definition) is 1. The fourth-order valence-electron chi connectivity index (χ4n) is 2.21. The van der Waals surface area contributed by atoms with E-state index in [0.29, 0.717) is 0 Å². The second kappa shape index (κ2) is 5.87. The minimum atomic E-state index is 0.120. The first-order chi connectivity index (χ1) is 7.94. The average Bonchev–Trinajstić information content (AvgIpc) is 2.29. The van der Waals surface area contributed by atoms with Crippen LogP contribution in [0.5, 0.6) is 5.75 Å². The Morgan fingerprint density at radius 1 is 1.24 bits per heavy atom. The van der Waals surface area contributed by atoms with Gasteiger partial charge in [0.1, 0.15) is 5.75 Å². The predicted molar refractivity (Wildman–Crippen MR) is 77.3 cm³/mol. The van der Waals surface area contributed by atoms with Gasteiger partial charge in [-0.2, -0.15) is 0 Å². The molecule has 0 unspecified atom stereocenters. The SMILES string of the molecule is COc1ccc(C(C)(C)CNCBr)c(C)c1C. The molecule has 1 aromatic rings. The normalized spacial score (nSPS) is 11.6. The van der Waals surface area contributed by atoms with E-state index in [1.807, 2.05) is 0 Å². The zero-order valence-corrected chi connectivity index (χ0v) is 12.9. The lowest BCUT2D eigenvalue weighted by Crippen LogP contribution is -2.33. The summed E-state index contributed by atoms with van der Waals surface area (Å²) in [5.74, 6) is 0.968. The molecular formula is C14H22BrNO. The van der Waals surface area contributed by atoms with Crippen LogP contribution in [0, 0.1) is 13.8 Å². The van der Waals surface area contributed by atoms with E-state index in [1.165, 1.54) is 16.7 Å². The molecule has 96 valence electrons. The quantitative estimate of drug-likeness (QED) is 0.663. The van der Waals surface area contributed by atoms with Gasteiger partial charge in [-0.15, -0.1) is 0 Å². The van der Waals surface area contributed by atoms with Crippen LogP contribution < -0.4 is 10.1 Å². The number of halogens is 1. The molecule has 1 aromatic carbocycles. The second-order valence-corrected chi connectivity index (χ2v) is 5.57. The third-order valence-electron chi connectivity index (χ3n) is 3.35. The lowest BCUT2D eigenvalue weighted by molar-refractivity contribution is 0.409. The van der Waals surface area contributed by atoms with Crippen LogP contribution in [0.3, 0.4) is 0 Å². The van der Waals surface area contributed by atoms with Crippen molar-refractivity contribution in [1.82, 2.24) is 5.32 Å². The summed E-state index contributed by atoms with van der Waals surface area (Å²) in [6, 6.07) is 4.24. The average molecular weight is 300 g/mol. The van der Waals surface area contributed by atoms with E-state index in [-0.39, 0.29) is 5.41 Å². The molecule has 0 saturated heterocycles.